The molecule has 2 N–H and O–H groups in total. The van der Waals surface area contributed by atoms with E-state index in [2.05, 4.69) is 4.74 Å². The molecule has 0 amide bonds. The topological polar surface area (TPSA) is 76.0 Å². The first-order valence-electron chi connectivity index (χ1n) is 11.1. The second-order valence-electron chi connectivity index (χ2n) is 7.94. The van der Waals surface area contributed by atoms with E-state index >= 15 is 0 Å². The second kappa shape index (κ2) is 12.2. The van der Waals surface area contributed by atoms with Gasteiger partial charge >= 0.3 is 12.1 Å². The minimum Gasteiger partial charge on any atom is -0.493 e. The quantitative estimate of drug-likeness (QED) is 0.329. The van der Waals surface area contributed by atoms with Crippen LogP contribution in [0.2, 0.25) is 0 Å². The lowest BCUT2D eigenvalue weighted by Crippen LogP contribution is -2.23. The summed E-state index contributed by atoms with van der Waals surface area (Å²) in [5, 5.41) is 21.6. The Labute approximate surface area is 205 Å². The number of methoxy groups -OCH3 is 1. The normalized spacial score (nSPS) is 13.8. The number of hydrogen-bond donors (Lipinski definition) is 2. The van der Waals surface area contributed by atoms with Crippen molar-refractivity contribution in [1.29, 1.82) is 0 Å². The standard InChI is InChI=1S/C26H27F3O5S/c1-33-25(32)8-4-6-21(30)22(31)14-13-20-19-5-2-3-7-23(19)35-24(20)15-16-34-18-11-9-17(10-12-18)26(27,28)29/h2-3,5,7,9-14,21-22,30-31H,4,6,8,15-16H2,1H3/b14-13+. The van der Waals surface area contributed by atoms with E-state index in [1.807, 2.05) is 24.3 Å². The number of aliphatic hydroxyl groups is 2. The van der Waals surface area contributed by atoms with Crippen molar-refractivity contribution in [1.82, 2.24) is 0 Å². The Morgan fingerprint density at radius 1 is 1.11 bits per heavy atom. The number of rotatable bonds is 11. The van der Waals surface area contributed by atoms with Crippen molar-refractivity contribution in [2.24, 2.45) is 0 Å². The van der Waals surface area contributed by atoms with E-state index in [0.717, 1.165) is 32.7 Å². The van der Waals surface area contributed by atoms with Crippen LogP contribution >= 0.6 is 11.3 Å². The first-order valence-corrected chi connectivity index (χ1v) is 11.9. The van der Waals surface area contributed by atoms with Gasteiger partial charge < -0.3 is 19.7 Å². The average Bonchev–Trinajstić information content (AvgIpc) is 3.19. The number of thiophene rings is 1. The highest BCUT2D eigenvalue weighted by molar-refractivity contribution is 7.19. The minimum atomic E-state index is -4.39. The van der Waals surface area contributed by atoms with Crippen LogP contribution in [0.25, 0.3) is 16.2 Å². The number of halogens is 3. The number of fused-ring (bicyclic) bond motifs is 1. The molecule has 1 aromatic heterocycles. The molecule has 0 saturated heterocycles. The van der Waals surface area contributed by atoms with Gasteiger partial charge in [0.05, 0.1) is 31.5 Å². The maximum absolute atomic E-state index is 12.7. The van der Waals surface area contributed by atoms with Crippen molar-refractivity contribution in [3.63, 3.8) is 0 Å². The van der Waals surface area contributed by atoms with Gasteiger partial charge in [-0.3, -0.25) is 4.79 Å². The van der Waals surface area contributed by atoms with Gasteiger partial charge in [-0.05, 0) is 54.1 Å². The molecular weight excluding hydrogens is 481 g/mol. The van der Waals surface area contributed by atoms with Crippen LogP contribution in [0, 0.1) is 0 Å². The summed E-state index contributed by atoms with van der Waals surface area (Å²) in [6.45, 7) is 0.262. The Morgan fingerprint density at radius 2 is 1.83 bits per heavy atom. The number of alkyl halides is 3. The van der Waals surface area contributed by atoms with E-state index in [1.165, 1.54) is 25.3 Å². The van der Waals surface area contributed by atoms with Gasteiger partial charge in [-0.25, -0.2) is 0 Å². The van der Waals surface area contributed by atoms with E-state index < -0.39 is 23.9 Å². The van der Waals surface area contributed by atoms with E-state index in [1.54, 1.807) is 17.4 Å². The third kappa shape index (κ3) is 7.55. The summed E-state index contributed by atoms with van der Waals surface area (Å²) >= 11 is 1.57. The number of ether oxygens (including phenoxy) is 2. The Kier molecular flexibility index (Phi) is 9.31. The fourth-order valence-corrected chi connectivity index (χ4v) is 4.71. The Bertz CT molecular complexity index is 1140. The van der Waals surface area contributed by atoms with Crippen LogP contribution < -0.4 is 4.74 Å². The van der Waals surface area contributed by atoms with Gasteiger partial charge in [0.1, 0.15) is 5.75 Å². The first-order chi connectivity index (χ1) is 16.7. The summed E-state index contributed by atoms with van der Waals surface area (Å²) in [6.07, 6.45) is -1.91. The molecule has 0 aliphatic carbocycles. The summed E-state index contributed by atoms with van der Waals surface area (Å²) in [5.74, 6) is -0.0168. The van der Waals surface area contributed by atoms with Gasteiger partial charge in [0.25, 0.3) is 0 Å². The monoisotopic (exact) mass is 508 g/mol. The number of hydrogen-bond acceptors (Lipinski definition) is 6. The highest BCUT2D eigenvalue weighted by Crippen LogP contribution is 2.33. The highest BCUT2D eigenvalue weighted by Gasteiger charge is 2.30. The number of carbonyl (C=O) groups excluding carboxylic acids is 1. The molecule has 5 nitrogen and oxygen atoms in total. The molecule has 35 heavy (non-hydrogen) atoms. The largest absolute Gasteiger partial charge is 0.493 e. The lowest BCUT2D eigenvalue weighted by molar-refractivity contribution is -0.141. The molecule has 0 radical (unpaired) electrons. The molecule has 0 bridgehead atoms. The van der Waals surface area contributed by atoms with E-state index in [9.17, 15) is 28.2 Å². The van der Waals surface area contributed by atoms with Crippen LogP contribution in [0.4, 0.5) is 13.2 Å². The number of carbonyl (C=O) groups is 1. The molecule has 0 aliphatic rings. The van der Waals surface area contributed by atoms with Gasteiger partial charge in [-0.2, -0.15) is 13.2 Å². The number of benzene rings is 2. The van der Waals surface area contributed by atoms with Crippen LogP contribution in [-0.2, 0) is 22.1 Å². The molecule has 188 valence electrons. The lowest BCUT2D eigenvalue weighted by atomic mass is 10.0. The first kappa shape index (κ1) is 26.7. The van der Waals surface area contributed by atoms with Gasteiger partial charge in [-0.1, -0.05) is 30.4 Å². The van der Waals surface area contributed by atoms with Gasteiger partial charge in [0.15, 0.2) is 0 Å². The van der Waals surface area contributed by atoms with E-state index in [0.29, 0.717) is 18.6 Å². The molecule has 0 aliphatic heterocycles. The van der Waals surface area contributed by atoms with Crippen LogP contribution in [-0.4, -0.2) is 42.1 Å². The smallest absolute Gasteiger partial charge is 0.416 e. The van der Waals surface area contributed by atoms with Gasteiger partial charge in [0.2, 0.25) is 0 Å². The molecule has 2 unspecified atom stereocenters. The van der Waals surface area contributed by atoms with Crippen LogP contribution in [0.15, 0.2) is 54.6 Å². The maximum Gasteiger partial charge on any atom is 0.416 e. The minimum absolute atomic E-state index is 0.169. The molecule has 2 atom stereocenters. The van der Waals surface area contributed by atoms with Crippen LogP contribution in [0.3, 0.4) is 0 Å². The lowest BCUT2D eigenvalue weighted by Gasteiger charge is -2.14. The Hall–Kier alpha value is -2.88. The van der Waals surface area contributed by atoms with E-state index in [-0.39, 0.29) is 25.4 Å². The van der Waals surface area contributed by atoms with Crippen molar-refractivity contribution in [3.8, 4) is 5.75 Å². The second-order valence-corrected chi connectivity index (χ2v) is 9.08. The molecule has 0 saturated carbocycles. The van der Waals surface area contributed by atoms with Crippen molar-refractivity contribution in [2.75, 3.05) is 13.7 Å². The predicted molar refractivity (Wildman–Crippen MR) is 129 cm³/mol. The fourth-order valence-electron chi connectivity index (χ4n) is 3.54. The van der Waals surface area contributed by atoms with Crippen molar-refractivity contribution >= 4 is 33.5 Å². The summed E-state index contributed by atoms with van der Waals surface area (Å²) in [7, 11) is 1.30. The third-order valence-corrected chi connectivity index (χ3v) is 6.70. The fraction of sp³-hybridized carbons (Fsp3) is 0.346. The van der Waals surface area contributed by atoms with Crippen molar-refractivity contribution in [2.45, 2.75) is 44.1 Å². The summed E-state index contributed by atoms with van der Waals surface area (Å²) in [4.78, 5) is 12.2. The van der Waals surface area contributed by atoms with Gasteiger partial charge in [-0.15, -0.1) is 11.3 Å². The average molecular weight is 509 g/mol. The Morgan fingerprint density at radius 3 is 2.51 bits per heavy atom. The van der Waals surface area contributed by atoms with E-state index in [4.69, 9.17) is 4.74 Å². The highest BCUT2D eigenvalue weighted by atomic mass is 32.1. The molecular formula is C26H27F3O5S. The molecule has 2 aromatic carbocycles. The summed E-state index contributed by atoms with van der Waals surface area (Å²) < 4.78 is 49.5. The molecule has 0 fully saturated rings. The van der Waals surface area contributed by atoms with Crippen LogP contribution in [0.5, 0.6) is 5.75 Å². The van der Waals surface area contributed by atoms with Crippen LogP contribution in [0.1, 0.15) is 35.3 Å². The molecule has 0 spiro atoms. The molecule has 9 heteroatoms. The third-order valence-electron chi connectivity index (χ3n) is 5.45. The van der Waals surface area contributed by atoms with Crippen molar-refractivity contribution in [3.05, 3.63) is 70.6 Å². The van der Waals surface area contributed by atoms with Gasteiger partial charge in [0, 0.05) is 22.4 Å². The summed E-state index contributed by atoms with van der Waals surface area (Å²) in [5.41, 5.74) is 0.162. The Balaban J connectivity index is 1.65. The summed E-state index contributed by atoms with van der Waals surface area (Å²) in [6, 6.07) is 12.4. The zero-order valence-electron chi connectivity index (χ0n) is 19.1. The molecule has 1 heterocycles. The molecule has 3 aromatic rings. The number of esters is 1. The SMILES string of the molecule is COC(=O)CCCC(O)C(O)/C=C/c1c(CCOc2ccc(C(F)(F)F)cc2)sc2ccccc12. The zero-order valence-corrected chi connectivity index (χ0v) is 19.9. The maximum atomic E-state index is 12.7. The molecule has 3 rings (SSSR count). The zero-order chi connectivity index (χ0) is 25.4. The number of aliphatic hydroxyl groups excluding tert-OH is 2. The predicted octanol–water partition coefficient (Wildman–Crippen LogP) is 5.62. The van der Waals surface area contributed by atoms with Crippen molar-refractivity contribution < 1.29 is 37.7 Å².